The molecule has 5 rings (SSSR count). The number of ether oxygens (including phenoxy) is 1. The largest absolute Gasteiger partial charge is 0.497 e. The number of aromatic nitrogens is 4. The van der Waals surface area contributed by atoms with Gasteiger partial charge < -0.3 is 9.15 Å². The molecular formula is C23H21FN4O2S. The van der Waals surface area contributed by atoms with Gasteiger partial charge in [-0.1, -0.05) is 23.9 Å². The van der Waals surface area contributed by atoms with Crippen molar-refractivity contribution in [1.29, 1.82) is 0 Å². The molecule has 0 bridgehead atoms. The van der Waals surface area contributed by atoms with Crippen LogP contribution < -0.4 is 4.74 Å². The van der Waals surface area contributed by atoms with Crippen LogP contribution >= 0.6 is 11.8 Å². The second kappa shape index (κ2) is 8.55. The van der Waals surface area contributed by atoms with Crippen LogP contribution in [0.5, 0.6) is 5.75 Å². The number of hydrogen-bond acceptors (Lipinski definition) is 6. The maximum Gasteiger partial charge on any atom is 0.276 e. The van der Waals surface area contributed by atoms with Crippen LogP contribution in [0.2, 0.25) is 0 Å². The number of nitrogens with zero attached hydrogens (tertiary/aromatic N) is 4. The number of benzene rings is 2. The van der Waals surface area contributed by atoms with Gasteiger partial charge in [0.05, 0.1) is 24.9 Å². The van der Waals surface area contributed by atoms with Crippen molar-refractivity contribution in [1.82, 2.24) is 20.0 Å². The first-order chi connectivity index (χ1) is 15.2. The monoisotopic (exact) mass is 436 g/mol. The van der Waals surface area contributed by atoms with Gasteiger partial charge in [0.1, 0.15) is 11.6 Å². The molecule has 0 spiro atoms. The lowest BCUT2D eigenvalue weighted by molar-refractivity contribution is 0.412. The van der Waals surface area contributed by atoms with Crippen LogP contribution in [0.15, 0.2) is 58.2 Å². The Labute approximate surface area is 183 Å². The van der Waals surface area contributed by atoms with Gasteiger partial charge in [-0.25, -0.2) is 9.07 Å². The molecule has 0 N–H and O–H groups in total. The van der Waals surface area contributed by atoms with Crippen LogP contribution in [0.3, 0.4) is 0 Å². The number of rotatable bonds is 7. The van der Waals surface area contributed by atoms with E-state index in [0.717, 1.165) is 42.0 Å². The molecule has 0 fully saturated rings. The van der Waals surface area contributed by atoms with Crippen LogP contribution in [0, 0.1) is 5.82 Å². The third-order valence-electron chi connectivity index (χ3n) is 5.35. The van der Waals surface area contributed by atoms with E-state index in [-0.39, 0.29) is 5.82 Å². The molecule has 1 aliphatic carbocycles. The predicted molar refractivity (Wildman–Crippen MR) is 115 cm³/mol. The standard InChI is InChI=1S/C23H21FN4O2S/c1-29-18-5-2-4-15(12-18)13-22-25-26-23(30-22)31-14-20-19-6-3-7-21(19)28(27-20)17-10-8-16(24)9-11-17/h2,4-5,8-12H,3,6-7,13-14H2,1H3. The molecule has 8 heteroatoms. The van der Waals surface area contributed by atoms with Crippen molar-refractivity contribution in [2.75, 3.05) is 7.11 Å². The molecule has 0 radical (unpaired) electrons. The lowest BCUT2D eigenvalue weighted by atomic mass is 10.1. The molecule has 0 saturated carbocycles. The molecule has 6 nitrogen and oxygen atoms in total. The van der Waals surface area contributed by atoms with E-state index < -0.39 is 0 Å². The molecule has 158 valence electrons. The summed E-state index contributed by atoms with van der Waals surface area (Å²) in [7, 11) is 1.65. The molecule has 2 aromatic heterocycles. The van der Waals surface area contributed by atoms with Gasteiger partial charge in [-0.2, -0.15) is 5.10 Å². The Morgan fingerprint density at radius 3 is 2.84 bits per heavy atom. The topological polar surface area (TPSA) is 66.0 Å². The molecule has 0 amide bonds. The molecule has 1 aliphatic rings. The Balaban J connectivity index is 1.29. The average Bonchev–Trinajstić information content (AvgIpc) is 3.51. The molecule has 0 saturated heterocycles. The Kier molecular flexibility index (Phi) is 5.46. The Morgan fingerprint density at radius 1 is 1.13 bits per heavy atom. The first kappa shape index (κ1) is 19.8. The van der Waals surface area contributed by atoms with Crippen LogP contribution in [-0.4, -0.2) is 27.1 Å². The van der Waals surface area contributed by atoms with Crippen molar-refractivity contribution < 1.29 is 13.5 Å². The van der Waals surface area contributed by atoms with Crippen molar-refractivity contribution in [2.24, 2.45) is 0 Å². The van der Waals surface area contributed by atoms with Crippen molar-refractivity contribution in [3.05, 3.63) is 82.8 Å². The normalized spacial score (nSPS) is 12.8. The summed E-state index contributed by atoms with van der Waals surface area (Å²) in [5.74, 6) is 1.77. The van der Waals surface area contributed by atoms with Gasteiger partial charge in [0.25, 0.3) is 5.22 Å². The van der Waals surface area contributed by atoms with Gasteiger partial charge in [0.15, 0.2) is 0 Å². The number of thioether (sulfide) groups is 1. The van der Waals surface area contributed by atoms with Crippen LogP contribution in [0.4, 0.5) is 4.39 Å². The maximum absolute atomic E-state index is 13.3. The summed E-state index contributed by atoms with van der Waals surface area (Å²) >= 11 is 1.49. The first-order valence-electron chi connectivity index (χ1n) is 10.1. The van der Waals surface area contributed by atoms with Crippen LogP contribution in [0.1, 0.15) is 34.8 Å². The highest BCUT2D eigenvalue weighted by atomic mass is 32.2. The van der Waals surface area contributed by atoms with Crippen molar-refractivity contribution in [3.63, 3.8) is 0 Å². The van der Waals surface area contributed by atoms with Gasteiger partial charge in [-0.05, 0) is 66.8 Å². The zero-order chi connectivity index (χ0) is 21.2. The van der Waals surface area contributed by atoms with Crippen molar-refractivity contribution >= 4 is 11.8 Å². The smallest absolute Gasteiger partial charge is 0.276 e. The Morgan fingerprint density at radius 2 is 2.00 bits per heavy atom. The first-order valence-corrected chi connectivity index (χ1v) is 11.1. The minimum Gasteiger partial charge on any atom is -0.497 e. The fourth-order valence-corrected chi connectivity index (χ4v) is 4.63. The number of fused-ring (bicyclic) bond motifs is 1. The van der Waals surface area contributed by atoms with E-state index in [1.165, 1.54) is 35.2 Å². The van der Waals surface area contributed by atoms with Gasteiger partial charge in [0, 0.05) is 11.4 Å². The number of hydrogen-bond donors (Lipinski definition) is 0. The van der Waals surface area contributed by atoms with Crippen molar-refractivity contribution in [3.8, 4) is 11.4 Å². The van der Waals surface area contributed by atoms with Crippen molar-refractivity contribution in [2.45, 2.75) is 36.7 Å². The summed E-state index contributed by atoms with van der Waals surface area (Å²) in [6.07, 6.45) is 3.66. The lowest BCUT2D eigenvalue weighted by Gasteiger charge is -2.05. The van der Waals surface area contributed by atoms with Crippen LogP contribution in [-0.2, 0) is 25.0 Å². The number of methoxy groups -OCH3 is 1. The quantitative estimate of drug-likeness (QED) is 0.389. The molecule has 31 heavy (non-hydrogen) atoms. The van der Waals surface area contributed by atoms with E-state index in [9.17, 15) is 4.39 Å². The summed E-state index contributed by atoms with van der Waals surface area (Å²) in [6.45, 7) is 0. The zero-order valence-electron chi connectivity index (χ0n) is 17.0. The van der Waals surface area contributed by atoms with Crippen LogP contribution in [0.25, 0.3) is 5.69 Å². The predicted octanol–water partition coefficient (Wildman–Crippen LogP) is 4.77. The third-order valence-corrected chi connectivity index (χ3v) is 6.18. The van der Waals surface area contributed by atoms with E-state index in [0.29, 0.717) is 23.3 Å². The average molecular weight is 437 g/mol. The van der Waals surface area contributed by atoms with Gasteiger partial charge >= 0.3 is 0 Å². The SMILES string of the molecule is COc1cccc(Cc2nnc(SCc3nn(-c4ccc(F)cc4)c4c3CCC4)o2)c1. The minimum absolute atomic E-state index is 0.246. The second-order valence-corrected chi connectivity index (χ2v) is 8.32. The molecule has 2 heterocycles. The van der Waals surface area contributed by atoms with E-state index in [4.69, 9.17) is 14.3 Å². The third kappa shape index (κ3) is 4.20. The van der Waals surface area contributed by atoms with Gasteiger partial charge in [0.2, 0.25) is 5.89 Å². The molecular weight excluding hydrogens is 415 g/mol. The van der Waals surface area contributed by atoms with E-state index in [1.807, 2.05) is 28.9 Å². The summed E-state index contributed by atoms with van der Waals surface area (Å²) in [6, 6.07) is 14.3. The molecule has 2 aromatic carbocycles. The van der Waals surface area contributed by atoms with Gasteiger partial charge in [-0.3, -0.25) is 0 Å². The van der Waals surface area contributed by atoms with E-state index in [2.05, 4.69) is 10.2 Å². The second-order valence-electron chi connectivity index (χ2n) is 7.39. The summed E-state index contributed by atoms with van der Waals surface area (Å²) in [5, 5.41) is 13.7. The minimum atomic E-state index is -0.246. The van der Waals surface area contributed by atoms with E-state index in [1.54, 1.807) is 19.2 Å². The maximum atomic E-state index is 13.3. The highest BCUT2D eigenvalue weighted by Gasteiger charge is 2.23. The highest BCUT2D eigenvalue weighted by Crippen LogP contribution is 2.31. The Hall–Kier alpha value is -3.13. The molecule has 4 aromatic rings. The molecule has 0 unspecified atom stereocenters. The highest BCUT2D eigenvalue weighted by molar-refractivity contribution is 7.98. The fraction of sp³-hybridized carbons (Fsp3) is 0.261. The molecule has 0 atom stereocenters. The lowest BCUT2D eigenvalue weighted by Crippen LogP contribution is -2.01. The van der Waals surface area contributed by atoms with Gasteiger partial charge in [-0.15, -0.1) is 10.2 Å². The van der Waals surface area contributed by atoms with E-state index >= 15 is 0 Å². The fourth-order valence-electron chi connectivity index (χ4n) is 3.88. The summed E-state index contributed by atoms with van der Waals surface area (Å²) in [4.78, 5) is 0. The Bertz CT molecular complexity index is 1200. The summed E-state index contributed by atoms with van der Waals surface area (Å²) < 4.78 is 26.3. The number of halogens is 1. The summed E-state index contributed by atoms with van der Waals surface area (Å²) in [5.41, 5.74) is 5.46. The molecule has 0 aliphatic heterocycles. The zero-order valence-corrected chi connectivity index (χ0v) is 17.9.